The van der Waals surface area contributed by atoms with E-state index >= 15 is 0 Å². The van der Waals surface area contributed by atoms with Crippen LogP contribution < -0.4 is 0 Å². The van der Waals surface area contributed by atoms with E-state index in [1.54, 1.807) is 24.3 Å². The number of benzene rings is 1. The van der Waals surface area contributed by atoms with Crippen molar-refractivity contribution in [3.8, 4) is 0 Å². The summed E-state index contributed by atoms with van der Waals surface area (Å²) in [6.07, 6.45) is 0. The molecule has 9 heteroatoms. The molecule has 1 aromatic carbocycles. The second kappa shape index (κ2) is 4.43. The van der Waals surface area contributed by atoms with E-state index in [0.717, 1.165) is 4.90 Å². The Hall–Kier alpha value is -2.13. The van der Waals surface area contributed by atoms with Gasteiger partial charge in [-0.2, -0.15) is 12.7 Å². The molecular formula is C12H12N2O6S. The summed E-state index contributed by atoms with van der Waals surface area (Å²) in [6, 6.07) is 3.83. The summed E-state index contributed by atoms with van der Waals surface area (Å²) in [5.74, 6) is -0.661. The summed E-state index contributed by atoms with van der Waals surface area (Å²) in [6.45, 7) is -0.00456. The lowest BCUT2D eigenvalue weighted by molar-refractivity contribution is -0.146. The van der Waals surface area contributed by atoms with Crippen molar-refractivity contribution in [3.05, 3.63) is 35.4 Å². The van der Waals surface area contributed by atoms with Crippen molar-refractivity contribution in [2.45, 2.75) is 12.1 Å². The van der Waals surface area contributed by atoms with Crippen molar-refractivity contribution in [1.29, 1.82) is 0 Å². The highest BCUT2D eigenvalue weighted by atomic mass is 32.2. The molecule has 3 rings (SSSR count). The molecule has 0 saturated carbocycles. The van der Waals surface area contributed by atoms with Crippen molar-refractivity contribution < 1.29 is 27.3 Å². The first-order valence-electron chi connectivity index (χ1n) is 6.10. The normalized spacial score (nSPS) is 24.0. The number of urea groups is 1. The second-order valence-corrected chi connectivity index (χ2v) is 6.07. The molecule has 2 aliphatic rings. The lowest BCUT2D eigenvalue weighted by atomic mass is 9.91. The molecular weight excluding hydrogens is 300 g/mol. The molecule has 21 heavy (non-hydrogen) atoms. The van der Waals surface area contributed by atoms with Crippen molar-refractivity contribution >= 4 is 22.3 Å². The summed E-state index contributed by atoms with van der Waals surface area (Å²) < 4.78 is 37.3. The molecule has 1 fully saturated rings. The molecule has 2 bridgehead atoms. The number of hydrogen-bond donors (Lipinski definition) is 1. The van der Waals surface area contributed by atoms with Gasteiger partial charge in [0, 0.05) is 6.54 Å². The third-order valence-corrected chi connectivity index (χ3v) is 4.63. The number of fused-ring (bicyclic) bond motifs is 4. The van der Waals surface area contributed by atoms with Crippen molar-refractivity contribution in [2.24, 2.45) is 0 Å². The van der Waals surface area contributed by atoms with E-state index in [9.17, 15) is 22.6 Å². The van der Waals surface area contributed by atoms with Gasteiger partial charge in [-0.25, -0.2) is 9.59 Å². The molecule has 2 heterocycles. The molecule has 0 aromatic heterocycles. The van der Waals surface area contributed by atoms with Gasteiger partial charge >= 0.3 is 22.3 Å². The zero-order chi connectivity index (χ0) is 15.4. The molecule has 2 aliphatic heterocycles. The van der Waals surface area contributed by atoms with Crippen LogP contribution in [0.4, 0.5) is 4.79 Å². The van der Waals surface area contributed by atoms with Gasteiger partial charge in [0.1, 0.15) is 0 Å². The van der Waals surface area contributed by atoms with Gasteiger partial charge in [0.2, 0.25) is 0 Å². The molecule has 1 N–H and O–H groups in total. The maximum Gasteiger partial charge on any atom is 0.364 e. The zero-order valence-electron chi connectivity index (χ0n) is 11.0. The summed E-state index contributed by atoms with van der Waals surface area (Å²) in [4.78, 5) is 25.3. The number of esters is 1. The number of nitrogens with zero attached hydrogens (tertiary/aromatic N) is 2. The fourth-order valence-electron chi connectivity index (χ4n) is 2.90. The maximum absolute atomic E-state index is 12.2. The summed E-state index contributed by atoms with van der Waals surface area (Å²) >= 11 is 0. The van der Waals surface area contributed by atoms with Crippen molar-refractivity contribution in [1.82, 2.24) is 9.21 Å². The molecule has 112 valence electrons. The number of amides is 2. The Morgan fingerprint density at radius 2 is 1.95 bits per heavy atom. The highest BCUT2D eigenvalue weighted by Crippen LogP contribution is 2.44. The lowest BCUT2D eigenvalue weighted by Gasteiger charge is -2.30. The molecule has 0 radical (unpaired) electrons. The third-order valence-electron chi connectivity index (χ3n) is 3.72. The SMILES string of the molecule is COC(=O)C1c2ccccc2[C@@H]2CN1C(=O)N2S(=O)(=O)O. The van der Waals surface area contributed by atoms with Crippen molar-refractivity contribution in [2.75, 3.05) is 13.7 Å². The van der Waals surface area contributed by atoms with Gasteiger partial charge in [-0.15, -0.1) is 0 Å². The quantitative estimate of drug-likeness (QED) is 0.630. The molecule has 8 nitrogen and oxygen atoms in total. The van der Waals surface area contributed by atoms with E-state index in [-0.39, 0.29) is 6.54 Å². The van der Waals surface area contributed by atoms with Gasteiger partial charge in [0.05, 0.1) is 13.2 Å². The molecule has 2 atom stereocenters. The van der Waals surface area contributed by atoms with E-state index in [2.05, 4.69) is 0 Å². The average molecular weight is 312 g/mol. The Balaban J connectivity index is 2.21. The minimum Gasteiger partial charge on any atom is -0.467 e. The van der Waals surface area contributed by atoms with Gasteiger partial charge in [0.25, 0.3) is 0 Å². The summed E-state index contributed by atoms with van der Waals surface area (Å²) in [5.41, 5.74) is 1.01. The van der Waals surface area contributed by atoms with E-state index in [4.69, 9.17) is 4.74 Å². The van der Waals surface area contributed by atoms with Crippen LogP contribution in [0.25, 0.3) is 0 Å². The fraction of sp³-hybridized carbons (Fsp3) is 0.333. The summed E-state index contributed by atoms with van der Waals surface area (Å²) in [7, 11) is -3.52. The van der Waals surface area contributed by atoms with Gasteiger partial charge in [-0.1, -0.05) is 24.3 Å². The summed E-state index contributed by atoms with van der Waals surface area (Å²) in [5, 5.41) is 0. The number of ether oxygens (including phenoxy) is 1. The van der Waals surface area contributed by atoms with Crippen LogP contribution >= 0.6 is 0 Å². The van der Waals surface area contributed by atoms with Crippen LogP contribution in [0.5, 0.6) is 0 Å². The molecule has 1 saturated heterocycles. The van der Waals surface area contributed by atoms with Gasteiger partial charge < -0.3 is 9.64 Å². The highest BCUT2D eigenvalue weighted by molar-refractivity contribution is 7.84. The van der Waals surface area contributed by atoms with Crippen LogP contribution in [-0.4, -0.2) is 47.8 Å². The molecule has 1 aromatic rings. The predicted octanol–water partition coefficient (Wildman–Crippen LogP) is 0.496. The van der Waals surface area contributed by atoms with Crippen molar-refractivity contribution in [3.63, 3.8) is 0 Å². The second-order valence-electron chi connectivity index (χ2n) is 4.78. The molecule has 0 spiro atoms. The number of rotatable bonds is 2. The Kier molecular flexibility index (Phi) is 2.92. The minimum atomic E-state index is -4.71. The van der Waals surface area contributed by atoms with Crippen LogP contribution in [0.1, 0.15) is 23.2 Å². The van der Waals surface area contributed by atoms with Gasteiger partial charge in [0.15, 0.2) is 6.04 Å². The van der Waals surface area contributed by atoms with Crippen LogP contribution in [0.2, 0.25) is 0 Å². The largest absolute Gasteiger partial charge is 0.467 e. The number of methoxy groups -OCH3 is 1. The smallest absolute Gasteiger partial charge is 0.364 e. The predicted molar refractivity (Wildman–Crippen MR) is 69.4 cm³/mol. The number of carbonyl (C=O) groups is 2. The minimum absolute atomic E-state index is 0.00456. The molecule has 0 aliphatic carbocycles. The zero-order valence-corrected chi connectivity index (χ0v) is 11.8. The van der Waals surface area contributed by atoms with Gasteiger partial charge in [-0.05, 0) is 11.1 Å². The highest BCUT2D eigenvalue weighted by Gasteiger charge is 2.54. The van der Waals surface area contributed by atoms with E-state index < -0.39 is 34.4 Å². The number of carbonyl (C=O) groups excluding carboxylic acids is 2. The van der Waals surface area contributed by atoms with E-state index in [1.165, 1.54) is 7.11 Å². The third kappa shape index (κ3) is 1.88. The average Bonchev–Trinajstić information content (AvgIpc) is 2.73. The first kappa shape index (κ1) is 13.8. The fourth-order valence-corrected chi connectivity index (χ4v) is 3.70. The number of hydrogen-bond acceptors (Lipinski definition) is 5. The Labute approximate surface area is 120 Å². The van der Waals surface area contributed by atoms with E-state index in [1.807, 2.05) is 0 Å². The van der Waals surface area contributed by atoms with E-state index in [0.29, 0.717) is 15.4 Å². The molecule has 1 unspecified atom stereocenters. The Bertz CT molecular complexity index is 731. The van der Waals surface area contributed by atoms with Crippen LogP contribution in [0.15, 0.2) is 24.3 Å². The topological polar surface area (TPSA) is 104 Å². The molecule has 2 amide bonds. The first-order valence-corrected chi connectivity index (χ1v) is 7.50. The van der Waals surface area contributed by atoms with Gasteiger partial charge in [-0.3, -0.25) is 4.55 Å². The Morgan fingerprint density at radius 3 is 2.52 bits per heavy atom. The monoisotopic (exact) mass is 312 g/mol. The lowest BCUT2D eigenvalue weighted by Crippen LogP contribution is -2.39. The Morgan fingerprint density at radius 1 is 1.33 bits per heavy atom. The van der Waals surface area contributed by atoms with Crippen LogP contribution in [0.3, 0.4) is 0 Å². The van der Waals surface area contributed by atoms with Crippen LogP contribution in [-0.2, 0) is 19.8 Å². The first-order chi connectivity index (χ1) is 9.86. The van der Waals surface area contributed by atoms with Crippen LogP contribution in [0, 0.1) is 0 Å². The maximum atomic E-state index is 12.2. The standard InChI is InChI=1S/C12H12N2O6S/c1-20-11(15)10-8-5-3-2-4-7(8)9-6-13(10)12(16)14(9)21(17,18)19/h2-5,9-10H,6H2,1H3,(H,17,18,19)/t9-,10?/m0/s1.